The van der Waals surface area contributed by atoms with Crippen LogP contribution in [0.5, 0.6) is 0 Å². The summed E-state index contributed by atoms with van der Waals surface area (Å²) in [6.45, 7) is 6.55. The molecule has 0 fully saturated rings. The lowest BCUT2D eigenvalue weighted by atomic mass is 9.95. The number of benzene rings is 3. The Morgan fingerprint density at radius 1 is 0.857 bits per heavy atom. The third-order valence-corrected chi connectivity index (χ3v) is 8.44. The van der Waals surface area contributed by atoms with Crippen LogP contribution < -0.4 is 16.4 Å². The number of nitrogens with two attached hydrogens (primary N) is 1. The maximum atomic E-state index is 13.5. The molecule has 1 aliphatic carbocycles. The molecule has 0 saturated carbocycles. The van der Waals surface area contributed by atoms with Crippen LogP contribution in [0.1, 0.15) is 69.1 Å². The summed E-state index contributed by atoms with van der Waals surface area (Å²) in [7, 11) is 0. The average molecular weight is 673 g/mol. The molecule has 3 aromatic rings. The standard InChI is InChI=1S/C38H48N4O7/c1-4-42(37(46)48-25-27-14-6-5-7-15-27)23-22-40-35(44)49-38(2,3)24-34(43)33(20-12-13-21-39)41-36(45)47-26-32-30-18-10-8-16-28(30)29-17-9-11-19-31(29)32/h5-11,14-19,32-33H,4,12-13,20-26,39H2,1-3H3,(H,40,44)(H,41,45)/t33-/m0/s1. The highest BCUT2D eigenvalue weighted by Gasteiger charge is 2.33. The molecule has 0 spiro atoms. The van der Waals surface area contributed by atoms with Gasteiger partial charge in [-0.2, -0.15) is 0 Å². The smallest absolute Gasteiger partial charge is 0.410 e. The number of ether oxygens (including phenoxy) is 3. The van der Waals surface area contributed by atoms with Crippen LogP contribution in [-0.2, 0) is 25.6 Å². The number of rotatable bonds is 17. The first kappa shape index (κ1) is 36.9. The number of unbranched alkanes of at least 4 members (excludes halogenated alkanes) is 1. The zero-order valence-corrected chi connectivity index (χ0v) is 28.6. The molecule has 4 rings (SSSR count). The molecule has 1 atom stereocenters. The van der Waals surface area contributed by atoms with Crippen molar-refractivity contribution in [1.29, 1.82) is 0 Å². The first-order valence-corrected chi connectivity index (χ1v) is 16.9. The Balaban J connectivity index is 1.25. The molecular formula is C38H48N4O7. The quantitative estimate of drug-likeness (QED) is 0.114. The van der Waals surface area contributed by atoms with Crippen LogP contribution in [0, 0.1) is 0 Å². The second-order valence-electron chi connectivity index (χ2n) is 12.6. The third kappa shape index (κ3) is 10.8. The first-order valence-electron chi connectivity index (χ1n) is 16.9. The van der Waals surface area contributed by atoms with E-state index in [1.165, 1.54) is 4.90 Å². The number of alkyl carbamates (subject to hydrolysis) is 2. The van der Waals surface area contributed by atoms with Crippen LogP contribution in [0.25, 0.3) is 11.1 Å². The minimum absolute atomic E-state index is 0.111. The van der Waals surface area contributed by atoms with Gasteiger partial charge in [0, 0.05) is 32.0 Å². The Labute approximate surface area is 288 Å². The molecule has 1 aliphatic rings. The van der Waals surface area contributed by atoms with E-state index < -0.39 is 29.9 Å². The zero-order valence-electron chi connectivity index (χ0n) is 28.6. The summed E-state index contributed by atoms with van der Waals surface area (Å²) in [6.07, 6.45) is -0.354. The van der Waals surface area contributed by atoms with Crippen LogP contribution in [0.2, 0.25) is 0 Å². The molecule has 0 saturated heterocycles. The molecule has 0 heterocycles. The number of fused-ring (bicyclic) bond motifs is 3. The van der Waals surface area contributed by atoms with Crippen molar-refractivity contribution in [2.24, 2.45) is 5.73 Å². The Kier molecular flexibility index (Phi) is 13.6. The highest BCUT2D eigenvalue weighted by atomic mass is 16.6. The van der Waals surface area contributed by atoms with Gasteiger partial charge >= 0.3 is 18.3 Å². The van der Waals surface area contributed by atoms with Crippen LogP contribution in [-0.4, -0.2) is 73.4 Å². The van der Waals surface area contributed by atoms with Gasteiger partial charge in [-0.3, -0.25) is 4.79 Å². The van der Waals surface area contributed by atoms with E-state index >= 15 is 0 Å². The van der Waals surface area contributed by atoms with E-state index in [9.17, 15) is 19.2 Å². The highest BCUT2D eigenvalue weighted by Crippen LogP contribution is 2.44. The van der Waals surface area contributed by atoms with Crippen molar-refractivity contribution in [1.82, 2.24) is 15.5 Å². The van der Waals surface area contributed by atoms with E-state index in [4.69, 9.17) is 19.9 Å². The van der Waals surface area contributed by atoms with Crippen molar-refractivity contribution in [2.75, 3.05) is 32.8 Å². The topological polar surface area (TPSA) is 149 Å². The molecule has 262 valence electrons. The summed E-state index contributed by atoms with van der Waals surface area (Å²) < 4.78 is 16.6. The van der Waals surface area contributed by atoms with Crippen molar-refractivity contribution in [3.8, 4) is 11.1 Å². The van der Waals surface area contributed by atoms with E-state index in [-0.39, 0.29) is 44.4 Å². The van der Waals surface area contributed by atoms with Crippen LogP contribution >= 0.6 is 0 Å². The number of likely N-dealkylation sites (N-methyl/N-ethyl adjacent to an activating group) is 1. The number of nitrogens with zero attached hydrogens (tertiary/aromatic N) is 1. The SMILES string of the molecule is CCN(CCNC(=O)OC(C)(C)CC(=O)[C@H](CCCCN)NC(=O)OCC1c2ccccc2-c2ccccc21)C(=O)OCc1ccccc1. The van der Waals surface area contributed by atoms with Gasteiger partial charge < -0.3 is 35.5 Å². The molecule has 3 amide bonds. The Bertz CT molecular complexity index is 1520. The van der Waals surface area contributed by atoms with E-state index in [0.717, 1.165) is 27.8 Å². The number of carbonyl (C=O) groups excluding carboxylic acids is 4. The largest absolute Gasteiger partial charge is 0.449 e. The number of ketones is 1. The number of nitrogens with one attached hydrogen (secondary N) is 2. The van der Waals surface area contributed by atoms with Crippen LogP contribution in [0.4, 0.5) is 14.4 Å². The fourth-order valence-electron chi connectivity index (χ4n) is 5.94. The van der Waals surface area contributed by atoms with Crippen molar-refractivity contribution in [3.05, 3.63) is 95.6 Å². The monoisotopic (exact) mass is 672 g/mol. The summed E-state index contributed by atoms with van der Waals surface area (Å²) in [5.41, 5.74) is 9.81. The van der Waals surface area contributed by atoms with Crippen molar-refractivity contribution >= 4 is 24.1 Å². The van der Waals surface area contributed by atoms with E-state index in [1.807, 2.05) is 73.7 Å². The maximum Gasteiger partial charge on any atom is 0.410 e. The predicted octanol–water partition coefficient (Wildman–Crippen LogP) is 6.15. The second kappa shape index (κ2) is 18.0. The third-order valence-electron chi connectivity index (χ3n) is 8.44. The maximum absolute atomic E-state index is 13.5. The lowest BCUT2D eigenvalue weighted by Gasteiger charge is -2.27. The van der Waals surface area contributed by atoms with Crippen molar-refractivity contribution in [2.45, 2.75) is 70.6 Å². The van der Waals surface area contributed by atoms with Crippen LogP contribution in [0.3, 0.4) is 0 Å². The molecule has 49 heavy (non-hydrogen) atoms. The van der Waals surface area contributed by atoms with Gasteiger partial charge in [0.2, 0.25) is 0 Å². The molecule has 0 aliphatic heterocycles. The minimum Gasteiger partial charge on any atom is -0.449 e. The number of hydrogen-bond donors (Lipinski definition) is 3. The van der Waals surface area contributed by atoms with E-state index in [1.54, 1.807) is 13.8 Å². The average Bonchev–Trinajstić information content (AvgIpc) is 3.41. The van der Waals surface area contributed by atoms with Gasteiger partial charge in [-0.1, -0.05) is 78.9 Å². The van der Waals surface area contributed by atoms with Gasteiger partial charge in [-0.25, -0.2) is 14.4 Å². The minimum atomic E-state index is -1.17. The molecule has 0 aromatic heterocycles. The normalized spacial score (nSPS) is 12.7. The van der Waals surface area contributed by atoms with Gasteiger partial charge in [-0.05, 0) is 74.4 Å². The second-order valence-corrected chi connectivity index (χ2v) is 12.6. The van der Waals surface area contributed by atoms with Crippen molar-refractivity contribution in [3.63, 3.8) is 0 Å². The number of carbonyl (C=O) groups is 4. The predicted molar refractivity (Wildman–Crippen MR) is 187 cm³/mol. The molecule has 0 bridgehead atoms. The molecule has 0 unspecified atom stereocenters. The van der Waals surface area contributed by atoms with Gasteiger partial charge in [0.05, 0.1) is 6.04 Å². The van der Waals surface area contributed by atoms with E-state index in [0.29, 0.717) is 32.4 Å². The lowest BCUT2D eigenvalue weighted by Crippen LogP contribution is -2.45. The molecular weight excluding hydrogens is 624 g/mol. The van der Waals surface area contributed by atoms with Gasteiger partial charge in [0.25, 0.3) is 0 Å². The molecule has 11 nitrogen and oxygen atoms in total. The zero-order chi connectivity index (χ0) is 35.2. The Hall–Kier alpha value is -4.90. The van der Waals surface area contributed by atoms with Gasteiger partial charge in [0.15, 0.2) is 5.78 Å². The van der Waals surface area contributed by atoms with Crippen molar-refractivity contribution < 1.29 is 33.4 Å². The first-order chi connectivity index (χ1) is 23.6. The molecule has 3 aromatic carbocycles. The summed E-state index contributed by atoms with van der Waals surface area (Å²) in [4.78, 5) is 53.1. The number of hydrogen-bond acceptors (Lipinski definition) is 8. The molecule has 0 radical (unpaired) electrons. The van der Waals surface area contributed by atoms with Crippen LogP contribution in [0.15, 0.2) is 78.9 Å². The molecule has 4 N–H and O–H groups in total. The Morgan fingerprint density at radius 2 is 1.49 bits per heavy atom. The molecule has 11 heteroatoms. The summed E-state index contributed by atoms with van der Waals surface area (Å²) >= 11 is 0. The fraction of sp³-hybridized carbons (Fsp3) is 0.421. The van der Waals surface area contributed by atoms with Gasteiger partial charge in [-0.15, -0.1) is 0 Å². The number of amides is 3. The van der Waals surface area contributed by atoms with Gasteiger partial charge in [0.1, 0.15) is 18.8 Å². The summed E-state index contributed by atoms with van der Waals surface area (Å²) in [5.74, 6) is -0.402. The Morgan fingerprint density at radius 3 is 2.12 bits per heavy atom. The summed E-state index contributed by atoms with van der Waals surface area (Å²) in [5, 5.41) is 5.39. The summed E-state index contributed by atoms with van der Waals surface area (Å²) in [6, 6.07) is 24.7. The lowest BCUT2D eigenvalue weighted by molar-refractivity contribution is -0.125. The van der Waals surface area contributed by atoms with E-state index in [2.05, 4.69) is 22.8 Å². The highest BCUT2D eigenvalue weighted by molar-refractivity contribution is 5.88. The fourth-order valence-corrected chi connectivity index (χ4v) is 5.94. The number of Topliss-reactive ketones (excluding diaryl/α,β-unsaturated/α-hetero) is 1.